The summed E-state index contributed by atoms with van der Waals surface area (Å²) in [7, 11) is -4.25. The van der Waals surface area contributed by atoms with E-state index in [0.717, 1.165) is 48.4 Å². The van der Waals surface area contributed by atoms with E-state index in [0.29, 0.717) is 23.2 Å². The summed E-state index contributed by atoms with van der Waals surface area (Å²) >= 11 is 0. The molecule has 3 N–H and O–H groups in total. The number of benzene rings is 2. The van der Waals surface area contributed by atoms with Crippen LogP contribution in [0, 0.1) is 19.8 Å². The van der Waals surface area contributed by atoms with E-state index >= 15 is 0 Å². The lowest BCUT2D eigenvalue weighted by molar-refractivity contribution is 0.0696. The number of ether oxygens (including phenoxy) is 2. The second-order valence-corrected chi connectivity index (χ2v) is 14.8. The van der Waals surface area contributed by atoms with Crippen molar-refractivity contribution in [3.63, 3.8) is 0 Å². The standard InChI is InChI=1S/C36H44N6O6S.ClH/c1-21(2)16-29-31(15-9-14-28(39-29)34-37-19-26(20-38-34)47-22(3)4)48-32-18-30(33-23(5)10-7-11-24(33)6)40-36(41-32)42-49(45,46)27-13-8-12-25(17-27)35(43)44;/h7-8,10-13,17-22,28-29,31,39H,9,14-16H2,1-6H3,(H,43,44)(H,40,41,42);1H/t28?,29-,31?;/m1./s1. The van der Waals surface area contributed by atoms with Crippen molar-refractivity contribution in [3.8, 4) is 22.9 Å². The molecule has 2 aromatic heterocycles. The van der Waals surface area contributed by atoms with Crippen LogP contribution in [0.15, 0.2) is 65.8 Å². The van der Waals surface area contributed by atoms with Gasteiger partial charge in [0.25, 0.3) is 10.0 Å². The third-order valence-corrected chi connectivity index (χ3v) is 9.56. The van der Waals surface area contributed by atoms with Crippen LogP contribution in [0.3, 0.4) is 0 Å². The Morgan fingerprint density at radius 1 is 1.00 bits per heavy atom. The third kappa shape index (κ3) is 9.67. The second kappa shape index (κ2) is 16.6. The summed E-state index contributed by atoms with van der Waals surface area (Å²) in [5.74, 6) is 0.456. The Labute approximate surface area is 300 Å². The molecule has 3 heterocycles. The van der Waals surface area contributed by atoms with Crippen LogP contribution in [0.5, 0.6) is 11.6 Å². The zero-order valence-electron chi connectivity index (χ0n) is 29.1. The first-order valence-corrected chi connectivity index (χ1v) is 18.0. The first kappa shape index (κ1) is 38.5. The van der Waals surface area contributed by atoms with Crippen LogP contribution >= 0.6 is 12.4 Å². The summed E-state index contributed by atoms with van der Waals surface area (Å²) in [5, 5.41) is 13.2. The quantitative estimate of drug-likeness (QED) is 0.139. The number of carboxylic acid groups (broad SMARTS) is 1. The van der Waals surface area contributed by atoms with E-state index in [2.05, 4.69) is 43.8 Å². The summed E-state index contributed by atoms with van der Waals surface area (Å²) in [6, 6.07) is 12.6. The molecule has 2 aromatic carbocycles. The minimum atomic E-state index is -4.25. The average molecular weight is 725 g/mol. The highest BCUT2D eigenvalue weighted by molar-refractivity contribution is 7.92. The number of nitrogens with zero attached hydrogens (tertiary/aromatic N) is 4. The van der Waals surface area contributed by atoms with Crippen molar-refractivity contribution in [3.05, 3.63) is 83.4 Å². The molecule has 1 fully saturated rings. The molecule has 12 nitrogen and oxygen atoms in total. The maximum absolute atomic E-state index is 13.5. The lowest BCUT2D eigenvalue weighted by Crippen LogP contribution is -2.44. The van der Waals surface area contributed by atoms with Crippen LogP contribution in [0.1, 0.15) is 86.7 Å². The van der Waals surface area contributed by atoms with E-state index < -0.39 is 16.0 Å². The van der Waals surface area contributed by atoms with Crippen molar-refractivity contribution in [2.24, 2.45) is 5.92 Å². The van der Waals surface area contributed by atoms with E-state index in [-0.39, 0.29) is 59.0 Å². The Morgan fingerprint density at radius 3 is 2.32 bits per heavy atom. The number of aromatic carboxylic acids is 1. The van der Waals surface area contributed by atoms with Crippen molar-refractivity contribution in [1.82, 2.24) is 25.3 Å². The molecule has 268 valence electrons. The number of nitrogens with one attached hydrogen (secondary N) is 2. The zero-order chi connectivity index (χ0) is 35.3. The summed E-state index contributed by atoms with van der Waals surface area (Å²) in [4.78, 5) is 29.7. The van der Waals surface area contributed by atoms with Crippen LogP contribution in [-0.4, -0.2) is 57.7 Å². The average Bonchev–Trinajstić information content (AvgIpc) is 3.22. The molecule has 5 rings (SSSR count). The molecule has 1 aliphatic heterocycles. The fourth-order valence-electron chi connectivity index (χ4n) is 6.09. The highest BCUT2D eigenvalue weighted by Crippen LogP contribution is 2.32. The number of carboxylic acids is 1. The number of halogens is 1. The van der Waals surface area contributed by atoms with Crippen molar-refractivity contribution in [2.75, 3.05) is 4.72 Å². The Morgan fingerprint density at radius 2 is 1.68 bits per heavy atom. The van der Waals surface area contributed by atoms with Gasteiger partial charge in [0.1, 0.15) is 11.9 Å². The van der Waals surface area contributed by atoms with E-state index in [1.54, 1.807) is 18.5 Å². The number of aryl methyl sites for hydroxylation is 2. The van der Waals surface area contributed by atoms with Gasteiger partial charge in [-0.05, 0) is 88.6 Å². The minimum Gasteiger partial charge on any atom is -0.488 e. The van der Waals surface area contributed by atoms with Crippen molar-refractivity contribution >= 4 is 34.3 Å². The Balaban J connectivity index is 0.00000562. The highest BCUT2D eigenvalue weighted by atomic mass is 35.5. The monoisotopic (exact) mass is 724 g/mol. The van der Waals surface area contributed by atoms with Crippen LogP contribution in [0.4, 0.5) is 5.95 Å². The van der Waals surface area contributed by atoms with Gasteiger partial charge in [0.2, 0.25) is 11.8 Å². The molecule has 0 bridgehead atoms. The Kier molecular flexibility index (Phi) is 12.8. The zero-order valence-corrected chi connectivity index (χ0v) is 30.7. The number of hydrogen-bond donors (Lipinski definition) is 3. The summed E-state index contributed by atoms with van der Waals surface area (Å²) in [6.07, 6.45) is 6.30. The van der Waals surface area contributed by atoms with Gasteiger partial charge in [-0.25, -0.2) is 32.9 Å². The minimum absolute atomic E-state index is 0. The van der Waals surface area contributed by atoms with Gasteiger partial charge in [-0.15, -0.1) is 12.4 Å². The van der Waals surface area contributed by atoms with Gasteiger partial charge >= 0.3 is 5.97 Å². The fourth-order valence-corrected chi connectivity index (χ4v) is 7.08. The van der Waals surface area contributed by atoms with Crippen LogP contribution in [0.2, 0.25) is 0 Å². The number of anilines is 1. The number of carbonyl (C=O) groups is 1. The molecule has 0 radical (unpaired) electrons. The predicted octanol–water partition coefficient (Wildman–Crippen LogP) is 6.94. The van der Waals surface area contributed by atoms with E-state index in [9.17, 15) is 18.3 Å². The van der Waals surface area contributed by atoms with Gasteiger partial charge in [0.05, 0.1) is 40.7 Å². The molecule has 0 saturated carbocycles. The molecule has 50 heavy (non-hydrogen) atoms. The highest BCUT2D eigenvalue weighted by Gasteiger charge is 2.32. The number of sulfonamides is 1. The molecular weight excluding hydrogens is 680 g/mol. The Bertz CT molecular complexity index is 1870. The van der Waals surface area contributed by atoms with Crippen molar-refractivity contribution in [2.45, 2.75) is 96.4 Å². The van der Waals surface area contributed by atoms with Gasteiger partial charge in [-0.2, -0.15) is 4.98 Å². The normalized spacial score (nSPS) is 17.9. The number of aromatic nitrogens is 4. The Hall–Kier alpha value is -4.33. The predicted molar refractivity (Wildman–Crippen MR) is 194 cm³/mol. The van der Waals surface area contributed by atoms with Gasteiger partial charge in [-0.3, -0.25) is 0 Å². The van der Waals surface area contributed by atoms with E-state index in [1.165, 1.54) is 18.2 Å². The summed E-state index contributed by atoms with van der Waals surface area (Å²) in [6.45, 7) is 12.1. The number of rotatable bonds is 12. The largest absolute Gasteiger partial charge is 0.488 e. The third-order valence-electron chi connectivity index (χ3n) is 8.23. The molecule has 0 amide bonds. The smallest absolute Gasteiger partial charge is 0.335 e. The van der Waals surface area contributed by atoms with Crippen molar-refractivity contribution in [1.29, 1.82) is 0 Å². The molecule has 4 aromatic rings. The molecular formula is C36H45ClN6O6S. The van der Waals surface area contributed by atoms with Crippen LogP contribution in [0.25, 0.3) is 11.3 Å². The molecule has 0 aliphatic carbocycles. The maximum Gasteiger partial charge on any atom is 0.335 e. The fraction of sp³-hybridized carbons (Fsp3) is 0.417. The second-order valence-electron chi connectivity index (χ2n) is 13.1. The maximum atomic E-state index is 13.5. The lowest BCUT2D eigenvalue weighted by atomic mass is 9.97. The molecule has 1 saturated heterocycles. The van der Waals surface area contributed by atoms with Gasteiger partial charge in [-0.1, -0.05) is 38.1 Å². The van der Waals surface area contributed by atoms with Gasteiger partial charge < -0.3 is 19.9 Å². The van der Waals surface area contributed by atoms with Gasteiger partial charge in [0.15, 0.2) is 5.75 Å². The molecule has 3 atom stereocenters. The summed E-state index contributed by atoms with van der Waals surface area (Å²) < 4.78 is 41.8. The lowest BCUT2D eigenvalue weighted by Gasteiger charge is -2.30. The van der Waals surface area contributed by atoms with E-state index in [1.807, 2.05) is 45.9 Å². The topological polar surface area (TPSA) is 166 Å². The van der Waals surface area contributed by atoms with Crippen molar-refractivity contribution < 1.29 is 27.8 Å². The molecule has 2 unspecified atom stereocenters. The van der Waals surface area contributed by atoms with Gasteiger partial charge in [0, 0.05) is 17.7 Å². The summed E-state index contributed by atoms with van der Waals surface area (Å²) in [5.41, 5.74) is 3.08. The number of hydrogen-bond acceptors (Lipinski definition) is 10. The van der Waals surface area contributed by atoms with Crippen LogP contribution in [-0.2, 0) is 10.0 Å². The molecule has 1 aliphatic rings. The molecule has 0 spiro atoms. The SMILES string of the molecule is Cc1cccc(C)c1-c1cc(OC2CCCC(c3ncc(OC(C)C)cn3)N[C@@H]2CC(C)C)nc(NS(=O)(=O)c2cccc(C(=O)O)c2)n1.Cl. The van der Waals surface area contributed by atoms with E-state index in [4.69, 9.17) is 9.47 Å². The first-order valence-electron chi connectivity index (χ1n) is 16.5. The first-order chi connectivity index (χ1) is 23.3. The van der Waals surface area contributed by atoms with Crippen LogP contribution < -0.4 is 19.5 Å². The molecule has 14 heteroatoms.